The first-order chi connectivity index (χ1) is 8.27. The normalized spacial score (nSPS) is 12.6. The molecule has 1 heterocycles. The minimum Gasteiger partial charge on any atom is -0.253 e. The smallest absolute Gasteiger partial charge is 0.138 e. The van der Waals surface area contributed by atoms with E-state index in [2.05, 4.69) is 50.3 Å². The van der Waals surface area contributed by atoms with Gasteiger partial charge in [-0.25, -0.2) is 4.98 Å². The fraction of sp³-hybridized carbons (Fsp3) is 0.385. The van der Waals surface area contributed by atoms with Crippen LogP contribution in [-0.4, -0.2) is 14.8 Å². The molecule has 1 unspecified atom stereocenters. The van der Waals surface area contributed by atoms with Crippen LogP contribution in [0.5, 0.6) is 0 Å². The van der Waals surface area contributed by atoms with Crippen molar-refractivity contribution in [1.82, 2.24) is 14.8 Å². The van der Waals surface area contributed by atoms with Gasteiger partial charge in [0.25, 0.3) is 0 Å². The number of nitrogens with zero attached hydrogens (tertiary/aromatic N) is 3. The molecule has 90 valence electrons. The molecule has 1 aromatic heterocycles. The van der Waals surface area contributed by atoms with Crippen LogP contribution in [0.2, 0.25) is 0 Å². The summed E-state index contributed by atoms with van der Waals surface area (Å²) in [7, 11) is 1.94. The number of rotatable bonds is 5. The highest BCUT2D eigenvalue weighted by atomic mass is 79.9. The summed E-state index contributed by atoms with van der Waals surface area (Å²) in [5.41, 5.74) is 1.34. The lowest BCUT2D eigenvalue weighted by atomic mass is 10.1. The number of aryl methyl sites for hydroxylation is 2. The van der Waals surface area contributed by atoms with Crippen LogP contribution >= 0.6 is 15.9 Å². The Morgan fingerprint density at radius 3 is 2.71 bits per heavy atom. The molecule has 2 aromatic rings. The Bertz CT molecular complexity index is 453. The fourth-order valence-corrected chi connectivity index (χ4v) is 2.44. The van der Waals surface area contributed by atoms with Crippen LogP contribution < -0.4 is 0 Å². The molecule has 0 spiro atoms. The largest absolute Gasteiger partial charge is 0.253 e. The van der Waals surface area contributed by atoms with Gasteiger partial charge in [-0.2, -0.15) is 5.10 Å². The molecular weight excluding hydrogens is 278 g/mol. The van der Waals surface area contributed by atoms with E-state index in [0.717, 1.165) is 25.1 Å². The number of hydrogen-bond acceptors (Lipinski definition) is 2. The van der Waals surface area contributed by atoms with Crippen molar-refractivity contribution in [3.05, 3.63) is 48.0 Å². The second-order valence-corrected chi connectivity index (χ2v) is 5.18. The zero-order valence-electron chi connectivity index (χ0n) is 9.88. The molecule has 17 heavy (non-hydrogen) atoms. The average Bonchev–Trinajstić information content (AvgIpc) is 2.76. The summed E-state index contributed by atoms with van der Waals surface area (Å²) < 4.78 is 1.84. The highest BCUT2D eigenvalue weighted by molar-refractivity contribution is 9.09. The van der Waals surface area contributed by atoms with E-state index in [1.54, 1.807) is 6.33 Å². The van der Waals surface area contributed by atoms with Gasteiger partial charge in [0, 0.05) is 18.3 Å². The zero-order valence-corrected chi connectivity index (χ0v) is 11.5. The second-order valence-electron chi connectivity index (χ2n) is 4.07. The summed E-state index contributed by atoms with van der Waals surface area (Å²) in [6.07, 6.45) is 4.80. The van der Waals surface area contributed by atoms with Gasteiger partial charge in [0.2, 0.25) is 0 Å². The maximum atomic E-state index is 4.22. The van der Waals surface area contributed by atoms with Gasteiger partial charge in [-0.3, -0.25) is 4.68 Å². The van der Waals surface area contributed by atoms with Crippen LogP contribution in [0, 0.1) is 0 Å². The Morgan fingerprint density at radius 1 is 1.29 bits per heavy atom. The van der Waals surface area contributed by atoms with Crippen LogP contribution in [0.1, 0.15) is 29.1 Å². The number of halogens is 1. The van der Waals surface area contributed by atoms with Gasteiger partial charge < -0.3 is 0 Å². The van der Waals surface area contributed by atoms with Crippen molar-refractivity contribution in [1.29, 1.82) is 0 Å². The van der Waals surface area contributed by atoms with E-state index >= 15 is 0 Å². The molecule has 0 aliphatic rings. The van der Waals surface area contributed by atoms with Gasteiger partial charge in [0.15, 0.2) is 0 Å². The maximum Gasteiger partial charge on any atom is 0.138 e. The number of alkyl halides is 1. The standard InChI is InChI=1S/C13H16BrN3/c1-17-13(15-10-16-17)9-5-8-12(14)11-6-3-2-4-7-11/h2-4,6-7,10,12H,5,8-9H2,1H3. The van der Waals surface area contributed by atoms with Crippen molar-refractivity contribution < 1.29 is 0 Å². The van der Waals surface area contributed by atoms with Crippen LogP contribution in [0.3, 0.4) is 0 Å². The molecule has 0 radical (unpaired) electrons. The predicted molar refractivity (Wildman–Crippen MR) is 72.1 cm³/mol. The SMILES string of the molecule is Cn1ncnc1CCCC(Br)c1ccccc1. The van der Waals surface area contributed by atoms with Gasteiger partial charge in [-0.15, -0.1) is 0 Å². The summed E-state index contributed by atoms with van der Waals surface area (Å²) in [6, 6.07) is 10.5. The van der Waals surface area contributed by atoms with E-state index in [-0.39, 0.29) is 0 Å². The van der Waals surface area contributed by atoms with Crippen molar-refractivity contribution in [2.45, 2.75) is 24.1 Å². The van der Waals surface area contributed by atoms with Crippen LogP contribution in [0.4, 0.5) is 0 Å². The molecule has 0 amide bonds. The second kappa shape index (κ2) is 5.96. The zero-order chi connectivity index (χ0) is 12.1. The quantitative estimate of drug-likeness (QED) is 0.792. The van der Waals surface area contributed by atoms with Gasteiger partial charge in [-0.1, -0.05) is 46.3 Å². The Hall–Kier alpha value is -1.16. The molecule has 1 atom stereocenters. The first-order valence-corrected chi connectivity index (χ1v) is 6.71. The third-order valence-electron chi connectivity index (χ3n) is 2.82. The molecule has 1 aromatic carbocycles. The summed E-state index contributed by atoms with van der Waals surface area (Å²) in [5, 5.41) is 4.07. The summed E-state index contributed by atoms with van der Waals surface area (Å²) in [5.74, 6) is 1.05. The molecule has 0 saturated carbocycles. The highest BCUT2D eigenvalue weighted by Crippen LogP contribution is 2.27. The Balaban J connectivity index is 1.81. The minimum atomic E-state index is 0.428. The molecule has 0 saturated heterocycles. The van der Waals surface area contributed by atoms with E-state index < -0.39 is 0 Å². The van der Waals surface area contributed by atoms with Gasteiger partial charge in [0.1, 0.15) is 12.2 Å². The lowest BCUT2D eigenvalue weighted by Gasteiger charge is -2.09. The lowest BCUT2D eigenvalue weighted by Crippen LogP contribution is -2.00. The Kier molecular flexibility index (Phi) is 4.31. The fourth-order valence-electron chi connectivity index (χ4n) is 1.81. The average molecular weight is 294 g/mol. The van der Waals surface area contributed by atoms with Crippen molar-refractivity contribution in [2.24, 2.45) is 7.05 Å². The van der Waals surface area contributed by atoms with Crippen LogP contribution in [-0.2, 0) is 13.5 Å². The first-order valence-electron chi connectivity index (χ1n) is 5.79. The van der Waals surface area contributed by atoms with E-state index in [0.29, 0.717) is 4.83 Å². The van der Waals surface area contributed by atoms with E-state index in [4.69, 9.17) is 0 Å². The molecule has 3 nitrogen and oxygen atoms in total. The molecule has 2 rings (SSSR count). The van der Waals surface area contributed by atoms with Crippen molar-refractivity contribution in [3.8, 4) is 0 Å². The van der Waals surface area contributed by atoms with Gasteiger partial charge >= 0.3 is 0 Å². The monoisotopic (exact) mass is 293 g/mol. The Morgan fingerprint density at radius 2 is 2.06 bits per heavy atom. The molecule has 0 aliphatic carbocycles. The Labute approximate surface area is 110 Å². The number of benzene rings is 1. The number of aromatic nitrogens is 3. The molecular formula is C13H16BrN3. The predicted octanol–water partition coefficient (Wildman–Crippen LogP) is 3.27. The maximum absolute atomic E-state index is 4.22. The van der Waals surface area contributed by atoms with E-state index in [1.807, 2.05) is 17.8 Å². The lowest BCUT2D eigenvalue weighted by molar-refractivity contribution is 0.647. The van der Waals surface area contributed by atoms with Crippen molar-refractivity contribution in [2.75, 3.05) is 0 Å². The first kappa shape index (κ1) is 12.3. The topological polar surface area (TPSA) is 30.7 Å². The summed E-state index contributed by atoms with van der Waals surface area (Å²) in [4.78, 5) is 4.65. The van der Waals surface area contributed by atoms with Gasteiger partial charge in [-0.05, 0) is 18.4 Å². The summed E-state index contributed by atoms with van der Waals surface area (Å²) in [6.45, 7) is 0. The van der Waals surface area contributed by atoms with Crippen LogP contribution in [0.25, 0.3) is 0 Å². The number of hydrogen-bond donors (Lipinski definition) is 0. The molecule has 4 heteroatoms. The van der Waals surface area contributed by atoms with E-state index in [9.17, 15) is 0 Å². The molecule has 0 bridgehead atoms. The third kappa shape index (κ3) is 3.40. The summed E-state index contributed by atoms with van der Waals surface area (Å²) >= 11 is 3.73. The van der Waals surface area contributed by atoms with Gasteiger partial charge in [0.05, 0.1) is 0 Å². The van der Waals surface area contributed by atoms with Crippen molar-refractivity contribution >= 4 is 15.9 Å². The van der Waals surface area contributed by atoms with E-state index in [1.165, 1.54) is 5.56 Å². The highest BCUT2D eigenvalue weighted by Gasteiger charge is 2.07. The third-order valence-corrected chi connectivity index (χ3v) is 3.81. The molecule has 0 N–H and O–H groups in total. The molecule has 0 fully saturated rings. The molecule has 0 aliphatic heterocycles. The minimum absolute atomic E-state index is 0.428. The van der Waals surface area contributed by atoms with Crippen molar-refractivity contribution in [3.63, 3.8) is 0 Å². The van der Waals surface area contributed by atoms with Crippen LogP contribution in [0.15, 0.2) is 36.7 Å².